The molecule has 0 aromatic heterocycles. The van der Waals surface area contributed by atoms with Crippen LogP contribution < -0.4 is 0 Å². The number of fused-ring (bicyclic) bond motifs is 5. The maximum atomic E-state index is 13.2. The number of Topliss-reactive ketones (excluding diaryl/α,β-unsaturated/α-hetero) is 1. The average Bonchev–Trinajstić information content (AvgIpc) is 3.00. The molecular weight excluding hydrogens is 356 g/mol. The van der Waals surface area contributed by atoms with Crippen LogP contribution in [0.1, 0.15) is 105 Å². The number of aliphatic hydroxyl groups excluding tert-OH is 1. The second kappa shape index (κ2) is 7.95. The molecule has 4 saturated carbocycles. The van der Waals surface area contributed by atoms with Crippen LogP contribution in [0, 0.1) is 52.3 Å². The van der Waals surface area contributed by atoms with Gasteiger partial charge in [-0.2, -0.15) is 0 Å². The second-order valence-electron chi connectivity index (χ2n) is 12.6. The van der Waals surface area contributed by atoms with Crippen molar-refractivity contribution in [2.45, 2.75) is 111 Å². The smallest absolute Gasteiger partial charge is 0.136 e. The molecule has 9 atom stereocenters. The summed E-state index contributed by atoms with van der Waals surface area (Å²) in [6.07, 6.45) is 12.8. The number of ketones is 1. The van der Waals surface area contributed by atoms with E-state index in [4.69, 9.17) is 0 Å². The highest BCUT2D eigenvalue weighted by Crippen LogP contribution is 2.67. The van der Waals surface area contributed by atoms with Crippen molar-refractivity contribution in [2.75, 3.05) is 0 Å². The van der Waals surface area contributed by atoms with Crippen molar-refractivity contribution in [2.24, 2.45) is 52.3 Å². The van der Waals surface area contributed by atoms with Gasteiger partial charge in [-0.05, 0) is 91.3 Å². The zero-order chi connectivity index (χ0) is 21.0. The van der Waals surface area contributed by atoms with Gasteiger partial charge in [-0.3, -0.25) is 4.79 Å². The first-order valence-electron chi connectivity index (χ1n) is 12.9. The van der Waals surface area contributed by atoms with E-state index < -0.39 is 0 Å². The van der Waals surface area contributed by atoms with Crippen LogP contribution in [0.5, 0.6) is 0 Å². The summed E-state index contributed by atoms with van der Waals surface area (Å²) >= 11 is 0. The predicted octanol–water partition coefficient (Wildman–Crippen LogP) is 6.65. The van der Waals surface area contributed by atoms with Crippen LogP contribution in [-0.2, 0) is 4.79 Å². The fourth-order valence-electron chi connectivity index (χ4n) is 9.04. The highest BCUT2D eigenvalue weighted by Gasteiger charge is 2.62. The highest BCUT2D eigenvalue weighted by atomic mass is 16.3. The molecule has 29 heavy (non-hydrogen) atoms. The lowest BCUT2D eigenvalue weighted by molar-refractivity contribution is -0.160. The Labute approximate surface area is 179 Å². The van der Waals surface area contributed by atoms with Gasteiger partial charge in [0, 0.05) is 12.3 Å². The predicted molar refractivity (Wildman–Crippen MR) is 119 cm³/mol. The summed E-state index contributed by atoms with van der Waals surface area (Å²) in [4.78, 5) is 13.2. The lowest BCUT2D eigenvalue weighted by Gasteiger charge is -2.60. The minimum Gasteiger partial charge on any atom is -0.393 e. The first-order chi connectivity index (χ1) is 13.7. The van der Waals surface area contributed by atoms with Crippen molar-refractivity contribution in [3.63, 3.8) is 0 Å². The van der Waals surface area contributed by atoms with Gasteiger partial charge < -0.3 is 5.11 Å². The van der Waals surface area contributed by atoms with E-state index in [1.165, 1.54) is 44.9 Å². The third kappa shape index (κ3) is 3.64. The molecule has 4 fully saturated rings. The molecule has 0 heterocycles. The molecular formula is C27H46O2. The normalized spacial score (nSPS) is 48.2. The van der Waals surface area contributed by atoms with Crippen molar-refractivity contribution in [1.29, 1.82) is 0 Å². The maximum Gasteiger partial charge on any atom is 0.136 e. The van der Waals surface area contributed by atoms with Crippen LogP contribution in [0.15, 0.2) is 0 Å². The van der Waals surface area contributed by atoms with Gasteiger partial charge in [0.1, 0.15) is 5.78 Å². The Kier molecular flexibility index (Phi) is 5.99. The molecule has 0 saturated heterocycles. The van der Waals surface area contributed by atoms with Crippen LogP contribution >= 0.6 is 0 Å². The minimum atomic E-state index is -0.245. The Bertz CT molecular complexity index is 612. The van der Waals surface area contributed by atoms with Gasteiger partial charge in [0.25, 0.3) is 0 Å². The number of carbonyl (C=O) groups excluding carboxylic acids is 1. The van der Waals surface area contributed by atoms with Crippen molar-refractivity contribution in [1.82, 2.24) is 0 Å². The monoisotopic (exact) mass is 402 g/mol. The Morgan fingerprint density at radius 3 is 2.38 bits per heavy atom. The Hall–Kier alpha value is -0.370. The molecule has 1 N–H and O–H groups in total. The molecule has 0 spiro atoms. The van der Waals surface area contributed by atoms with E-state index in [1.54, 1.807) is 0 Å². The summed E-state index contributed by atoms with van der Waals surface area (Å²) in [6, 6.07) is 0. The molecule has 4 aliphatic carbocycles. The standard InChI is InChI=1S/C27H46O2/c1-17(2)7-6-8-18(3)21-9-10-22-20-16-25(29)24-15-19(28)11-13-27(24,5)23(20)12-14-26(21,22)4/h17-24,28H,6-16H2,1-5H3/t18-,19+,20-,21-,22+,23+,24+,26-,27+/m0/s1. The molecule has 4 aliphatic rings. The molecule has 2 heteroatoms. The number of hydrogen-bond acceptors (Lipinski definition) is 2. The van der Waals surface area contributed by atoms with E-state index in [0.717, 1.165) is 49.4 Å². The molecule has 0 aromatic rings. The van der Waals surface area contributed by atoms with Gasteiger partial charge >= 0.3 is 0 Å². The summed E-state index contributed by atoms with van der Waals surface area (Å²) < 4.78 is 0. The van der Waals surface area contributed by atoms with Crippen LogP contribution in [0.4, 0.5) is 0 Å². The summed E-state index contributed by atoms with van der Waals surface area (Å²) in [5.41, 5.74) is 0.609. The molecule has 0 aromatic carbocycles. The van der Waals surface area contributed by atoms with Crippen molar-refractivity contribution in [3.05, 3.63) is 0 Å². The number of aliphatic hydroxyl groups is 1. The number of hydrogen-bond donors (Lipinski definition) is 1. The summed E-state index contributed by atoms with van der Waals surface area (Å²) in [6.45, 7) is 12.2. The van der Waals surface area contributed by atoms with Crippen LogP contribution in [0.25, 0.3) is 0 Å². The Morgan fingerprint density at radius 1 is 0.966 bits per heavy atom. The quantitative estimate of drug-likeness (QED) is 0.559. The molecule has 0 unspecified atom stereocenters. The van der Waals surface area contributed by atoms with Crippen LogP contribution in [-0.4, -0.2) is 17.0 Å². The van der Waals surface area contributed by atoms with Crippen molar-refractivity contribution in [3.8, 4) is 0 Å². The average molecular weight is 403 g/mol. The number of rotatable bonds is 5. The molecule has 0 radical (unpaired) electrons. The maximum absolute atomic E-state index is 13.2. The topological polar surface area (TPSA) is 37.3 Å². The third-order valence-corrected chi connectivity index (χ3v) is 10.6. The fourth-order valence-corrected chi connectivity index (χ4v) is 9.04. The Balaban J connectivity index is 1.50. The van der Waals surface area contributed by atoms with E-state index >= 15 is 0 Å². The van der Waals surface area contributed by atoms with Gasteiger partial charge in [-0.15, -0.1) is 0 Å². The van der Waals surface area contributed by atoms with Gasteiger partial charge in [-0.1, -0.05) is 53.9 Å². The fraction of sp³-hybridized carbons (Fsp3) is 0.963. The van der Waals surface area contributed by atoms with Crippen LogP contribution in [0.3, 0.4) is 0 Å². The molecule has 4 rings (SSSR count). The lowest BCUT2D eigenvalue weighted by atomic mass is 9.44. The first-order valence-corrected chi connectivity index (χ1v) is 12.9. The van der Waals surface area contributed by atoms with Gasteiger partial charge in [-0.25, -0.2) is 0 Å². The van der Waals surface area contributed by atoms with E-state index in [9.17, 15) is 9.90 Å². The molecule has 2 nitrogen and oxygen atoms in total. The number of carbonyl (C=O) groups is 1. The summed E-state index contributed by atoms with van der Waals surface area (Å²) in [7, 11) is 0. The van der Waals surface area contributed by atoms with Gasteiger partial charge in [0.15, 0.2) is 0 Å². The van der Waals surface area contributed by atoms with Crippen molar-refractivity contribution < 1.29 is 9.90 Å². The van der Waals surface area contributed by atoms with Gasteiger partial charge in [0.2, 0.25) is 0 Å². The largest absolute Gasteiger partial charge is 0.393 e. The Morgan fingerprint density at radius 2 is 1.66 bits per heavy atom. The zero-order valence-electron chi connectivity index (χ0n) is 19.8. The van der Waals surface area contributed by atoms with E-state index in [1.807, 2.05) is 0 Å². The highest BCUT2D eigenvalue weighted by molar-refractivity contribution is 5.83. The summed E-state index contributed by atoms with van der Waals surface area (Å²) in [5.74, 6) is 5.21. The van der Waals surface area contributed by atoms with Gasteiger partial charge in [0.05, 0.1) is 6.10 Å². The summed E-state index contributed by atoms with van der Waals surface area (Å²) in [5, 5.41) is 10.2. The molecule has 166 valence electrons. The molecule has 0 amide bonds. The second-order valence-corrected chi connectivity index (χ2v) is 12.6. The van der Waals surface area contributed by atoms with E-state index in [2.05, 4.69) is 34.6 Å². The first kappa shape index (κ1) is 21.8. The van der Waals surface area contributed by atoms with Crippen LogP contribution in [0.2, 0.25) is 0 Å². The van der Waals surface area contributed by atoms with E-state index in [0.29, 0.717) is 23.0 Å². The molecule has 0 bridgehead atoms. The van der Waals surface area contributed by atoms with Crippen molar-refractivity contribution >= 4 is 5.78 Å². The minimum absolute atomic E-state index is 0.129. The third-order valence-electron chi connectivity index (χ3n) is 10.6. The lowest BCUT2D eigenvalue weighted by Crippen LogP contribution is -2.57. The van der Waals surface area contributed by atoms with E-state index in [-0.39, 0.29) is 17.4 Å². The molecule has 0 aliphatic heterocycles. The SMILES string of the molecule is CC(C)CCC[C@H](C)[C@@H]1CC[C@@H]2[C@@H]3CC(=O)[C@H]4C[C@H](O)CC[C@]4(C)[C@@H]3CC[C@]21C. The zero-order valence-corrected chi connectivity index (χ0v) is 19.8.